The van der Waals surface area contributed by atoms with Gasteiger partial charge in [-0.2, -0.15) is 5.10 Å². The van der Waals surface area contributed by atoms with Crippen molar-refractivity contribution in [1.82, 2.24) is 19.2 Å². The lowest BCUT2D eigenvalue weighted by Crippen LogP contribution is -2.32. The Kier molecular flexibility index (Phi) is 4.92. The van der Waals surface area contributed by atoms with E-state index < -0.39 is 0 Å². The van der Waals surface area contributed by atoms with E-state index in [1.54, 1.807) is 19.2 Å². The molecule has 0 bridgehead atoms. The molecule has 0 aliphatic carbocycles. The maximum absolute atomic E-state index is 12.7. The molecule has 0 saturated carbocycles. The molecule has 3 heterocycles. The van der Waals surface area contributed by atoms with Gasteiger partial charge in [-0.3, -0.25) is 9.48 Å². The van der Waals surface area contributed by atoms with Gasteiger partial charge in [-0.15, -0.1) is 0 Å². The number of aryl methyl sites for hydroxylation is 1. The molecule has 1 aliphatic rings. The van der Waals surface area contributed by atoms with Crippen LogP contribution in [-0.2, 0) is 16.1 Å². The first-order chi connectivity index (χ1) is 12.0. The average molecular weight is 344 g/mol. The van der Waals surface area contributed by atoms with Gasteiger partial charge in [0.15, 0.2) is 0 Å². The molecular weight excluding hydrogens is 320 g/mol. The predicted molar refractivity (Wildman–Crippen MR) is 92.3 cm³/mol. The molecular formula is C18H24N4O3. The first-order valence-corrected chi connectivity index (χ1v) is 8.62. The summed E-state index contributed by atoms with van der Waals surface area (Å²) >= 11 is 0. The Balaban J connectivity index is 1.68. The number of aromatic nitrogens is 3. The van der Waals surface area contributed by atoms with E-state index in [1.165, 1.54) is 0 Å². The lowest BCUT2D eigenvalue weighted by molar-refractivity contribution is -0.130. The van der Waals surface area contributed by atoms with Crippen LogP contribution in [0.3, 0.4) is 0 Å². The topological polar surface area (TPSA) is 69.4 Å². The van der Waals surface area contributed by atoms with Crippen LogP contribution in [0.4, 0.5) is 0 Å². The molecule has 1 saturated heterocycles. The second-order valence-electron chi connectivity index (χ2n) is 6.36. The van der Waals surface area contributed by atoms with Crippen LogP contribution in [0.2, 0.25) is 0 Å². The van der Waals surface area contributed by atoms with Gasteiger partial charge in [0.1, 0.15) is 6.54 Å². The first-order valence-electron chi connectivity index (χ1n) is 8.62. The van der Waals surface area contributed by atoms with E-state index in [4.69, 9.17) is 4.74 Å². The number of likely N-dealkylation sites (tertiary alicyclic amines) is 1. The number of carbonyl (C=O) groups excluding carboxylic acids is 2. The monoisotopic (exact) mass is 344 g/mol. The number of carbonyl (C=O) groups is 2. The van der Waals surface area contributed by atoms with Gasteiger partial charge < -0.3 is 14.2 Å². The van der Waals surface area contributed by atoms with E-state index in [9.17, 15) is 9.59 Å². The minimum atomic E-state index is -0.339. The van der Waals surface area contributed by atoms with Gasteiger partial charge in [0.05, 0.1) is 18.2 Å². The number of rotatable bonds is 5. The van der Waals surface area contributed by atoms with E-state index in [1.807, 2.05) is 40.3 Å². The number of hydrogen-bond donors (Lipinski definition) is 0. The second kappa shape index (κ2) is 7.13. The van der Waals surface area contributed by atoms with Crippen molar-refractivity contribution < 1.29 is 14.3 Å². The highest BCUT2D eigenvalue weighted by atomic mass is 16.5. The van der Waals surface area contributed by atoms with Gasteiger partial charge in [-0.25, -0.2) is 4.79 Å². The first kappa shape index (κ1) is 17.3. The Morgan fingerprint density at radius 2 is 2.16 bits per heavy atom. The summed E-state index contributed by atoms with van der Waals surface area (Å²) in [4.78, 5) is 26.6. The molecule has 25 heavy (non-hydrogen) atoms. The highest BCUT2D eigenvalue weighted by Crippen LogP contribution is 2.22. The third-order valence-corrected chi connectivity index (χ3v) is 4.78. The molecule has 134 valence electrons. The van der Waals surface area contributed by atoms with Crippen LogP contribution >= 0.6 is 0 Å². The van der Waals surface area contributed by atoms with Gasteiger partial charge in [0, 0.05) is 36.9 Å². The minimum Gasteiger partial charge on any atom is -0.462 e. The number of nitrogens with zero attached hydrogens (tertiary/aromatic N) is 4. The van der Waals surface area contributed by atoms with Crippen molar-refractivity contribution in [2.24, 2.45) is 0 Å². The summed E-state index contributed by atoms with van der Waals surface area (Å²) in [6.45, 7) is 7.51. The normalized spacial score (nSPS) is 17.1. The molecule has 1 fully saturated rings. The van der Waals surface area contributed by atoms with E-state index in [2.05, 4.69) is 5.10 Å². The SMILES string of the molecule is CCOC(=O)c1cc(C)n(CC(=O)N2CC[C@H](n3cccn3)C2)c1C. The zero-order valence-electron chi connectivity index (χ0n) is 14.9. The molecule has 1 atom stereocenters. The summed E-state index contributed by atoms with van der Waals surface area (Å²) in [6, 6.07) is 3.92. The number of esters is 1. The number of amides is 1. The third-order valence-electron chi connectivity index (χ3n) is 4.78. The quantitative estimate of drug-likeness (QED) is 0.778. The van der Waals surface area contributed by atoms with Crippen LogP contribution < -0.4 is 0 Å². The maximum Gasteiger partial charge on any atom is 0.339 e. The van der Waals surface area contributed by atoms with Gasteiger partial charge in [0.25, 0.3) is 0 Å². The molecule has 0 radical (unpaired) electrons. The summed E-state index contributed by atoms with van der Waals surface area (Å²) in [5.74, 6) is -0.277. The highest BCUT2D eigenvalue weighted by Gasteiger charge is 2.28. The summed E-state index contributed by atoms with van der Waals surface area (Å²) in [5, 5.41) is 4.27. The van der Waals surface area contributed by atoms with Crippen molar-refractivity contribution in [1.29, 1.82) is 0 Å². The van der Waals surface area contributed by atoms with E-state index >= 15 is 0 Å². The molecule has 1 aliphatic heterocycles. The molecule has 7 heteroatoms. The smallest absolute Gasteiger partial charge is 0.339 e. The number of hydrogen-bond acceptors (Lipinski definition) is 4. The number of ether oxygens (including phenoxy) is 1. The van der Waals surface area contributed by atoms with Crippen LogP contribution in [-0.4, -0.2) is 50.8 Å². The van der Waals surface area contributed by atoms with Crippen molar-refractivity contribution >= 4 is 11.9 Å². The molecule has 3 rings (SSSR count). The summed E-state index contributed by atoms with van der Waals surface area (Å²) in [5.41, 5.74) is 2.19. The fourth-order valence-electron chi connectivity index (χ4n) is 3.38. The Labute approximate surface area is 147 Å². The van der Waals surface area contributed by atoms with Crippen LogP contribution in [0.5, 0.6) is 0 Å². The van der Waals surface area contributed by atoms with Gasteiger partial charge in [-0.05, 0) is 39.3 Å². The molecule has 0 N–H and O–H groups in total. The van der Waals surface area contributed by atoms with E-state index in [0.29, 0.717) is 18.7 Å². The standard InChI is InChI=1S/C18H24N4O3/c1-4-25-18(24)16-10-13(2)21(14(16)3)12-17(23)20-9-6-15(11-20)22-8-5-7-19-22/h5,7-8,10,15H,4,6,9,11-12H2,1-3H3/t15-/m0/s1. The zero-order chi connectivity index (χ0) is 18.0. The maximum atomic E-state index is 12.7. The van der Waals surface area contributed by atoms with Gasteiger partial charge >= 0.3 is 5.97 Å². The highest BCUT2D eigenvalue weighted by molar-refractivity contribution is 5.91. The third kappa shape index (κ3) is 3.45. The van der Waals surface area contributed by atoms with E-state index in [0.717, 1.165) is 24.4 Å². The van der Waals surface area contributed by atoms with Crippen molar-refractivity contribution in [2.45, 2.75) is 39.8 Å². The van der Waals surface area contributed by atoms with Crippen LogP contribution in [0.1, 0.15) is 41.1 Å². The Morgan fingerprint density at radius 3 is 2.84 bits per heavy atom. The molecule has 0 unspecified atom stereocenters. The lowest BCUT2D eigenvalue weighted by atomic mass is 10.2. The van der Waals surface area contributed by atoms with Crippen molar-refractivity contribution in [3.8, 4) is 0 Å². The summed E-state index contributed by atoms with van der Waals surface area (Å²) in [7, 11) is 0. The van der Waals surface area contributed by atoms with Gasteiger partial charge in [-0.1, -0.05) is 0 Å². The fraction of sp³-hybridized carbons (Fsp3) is 0.500. The van der Waals surface area contributed by atoms with Crippen molar-refractivity contribution in [3.05, 3.63) is 41.5 Å². The van der Waals surface area contributed by atoms with Crippen molar-refractivity contribution in [3.63, 3.8) is 0 Å². The Bertz CT molecular complexity index is 764. The molecule has 2 aromatic heterocycles. The minimum absolute atomic E-state index is 0.0619. The van der Waals surface area contributed by atoms with E-state index in [-0.39, 0.29) is 24.5 Å². The molecule has 0 spiro atoms. The molecule has 7 nitrogen and oxygen atoms in total. The Morgan fingerprint density at radius 1 is 1.36 bits per heavy atom. The summed E-state index contributed by atoms with van der Waals surface area (Å²) in [6.07, 6.45) is 4.60. The molecule has 2 aromatic rings. The van der Waals surface area contributed by atoms with Crippen molar-refractivity contribution in [2.75, 3.05) is 19.7 Å². The zero-order valence-corrected chi connectivity index (χ0v) is 14.9. The van der Waals surface area contributed by atoms with Crippen LogP contribution in [0.25, 0.3) is 0 Å². The predicted octanol–water partition coefficient (Wildman–Crippen LogP) is 1.95. The summed E-state index contributed by atoms with van der Waals surface area (Å²) < 4.78 is 8.88. The average Bonchev–Trinajstić information content (AvgIpc) is 3.30. The fourth-order valence-corrected chi connectivity index (χ4v) is 3.38. The van der Waals surface area contributed by atoms with Crippen LogP contribution in [0, 0.1) is 13.8 Å². The largest absolute Gasteiger partial charge is 0.462 e. The van der Waals surface area contributed by atoms with Gasteiger partial charge in [0.2, 0.25) is 5.91 Å². The lowest BCUT2D eigenvalue weighted by Gasteiger charge is -2.18. The second-order valence-corrected chi connectivity index (χ2v) is 6.36. The molecule has 0 aromatic carbocycles. The van der Waals surface area contributed by atoms with Crippen LogP contribution in [0.15, 0.2) is 24.5 Å². The Hall–Kier alpha value is -2.57. The molecule has 1 amide bonds.